The van der Waals surface area contributed by atoms with Crippen molar-refractivity contribution in [3.8, 4) is 11.5 Å². The van der Waals surface area contributed by atoms with E-state index in [0.717, 1.165) is 25.2 Å². The summed E-state index contributed by atoms with van der Waals surface area (Å²) in [6, 6.07) is 4.99. The highest BCUT2D eigenvalue weighted by Gasteiger charge is 2.23. The summed E-state index contributed by atoms with van der Waals surface area (Å²) < 4.78 is 10.6. The van der Waals surface area contributed by atoms with Gasteiger partial charge in [-0.25, -0.2) is 0 Å². The predicted octanol–water partition coefficient (Wildman–Crippen LogP) is 2.96. The summed E-state index contributed by atoms with van der Waals surface area (Å²) in [4.78, 5) is 2.46. The summed E-state index contributed by atoms with van der Waals surface area (Å²) in [7, 11) is 3.23. The number of nitrogens with zero attached hydrogens (tertiary/aromatic N) is 1. The summed E-state index contributed by atoms with van der Waals surface area (Å²) >= 11 is 6.26. The average Bonchev–Trinajstić information content (AvgIpc) is 2.42. The van der Waals surface area contributed by atoms with Gasteiger partial charge in [-0.1, -0.05) is 11.6 Å². The number of methoxy groups -OCH3 is 2. The maximum atomic E-state index is 6.26. The van der Waals surface area contributed by atoms with Crippen molar-refractivity contribution < 1.29 is 9.47 Å². The van der Waals surface area contributed by atoms with Gasteiger partial charge < -0.3 is 14.8 Å². The number of hydrogen-bond donors (Lipinski definition) is 1. The van der Waals surface area contributed by atoms with Gasteiger partial charge in [0.15, 0.2) is 11.5 Å². The highest BCUT2D eigenvalue weighted by molar-refractivity contribution is 6.32. The van der Waals surface area contributed by atoms with E-state index >= 15 is 0 Å². The van der Waals surface area contributed by atoms with E-state index in [1.807, 2.05) is 12.1 Å². The first-order valence-corrected chi connectivity index (χ1v) is 7.30. The molecule has 2 atom stereocenters. The lowest BCUT2D eigenvalue weighted by atomic mass is 10.1. The van der Waals surface area contributed by atoms with Crippen LogP contribution in [0.1, 0.15) is 19.4 Å². The lowest BCUT2D eigenvalue weighted by Crippen LogP contribution is -2.53. The van der Waals surface area contributed by atoms with Crippen molar-refractivity contribution in [1.82, 2.24) is 10.2 Å². The highest BCUT2D eigenvalue weighted by atomic mass is 35.5. The van der Waals surface area contributed by atoms with Gasteiger partial charge in [0.2, 0.25) is 0 Å². The molecule has 0 aliphatic carbocycles. The summed E-state index contributed by atoms with van der Waals surface area (Å²) in [5, 5.41) is 4.08. The molecular formula is C15H24Cl2N2O2. The second-order valence-electron chi connectivity index (χ2n) is 5.40. The predicted molar refractivity (Wildman–Crippen MR) is 89.1 cm³/mol. The number of rotatable bonds is 4. The molecule has 0 spiro atoms. The van der Waals surface area contributed by atoms with Crippen molar-refractivity contribution in [2.75, 3.05) is 27.3 Å². The molecule has 0 radical (unpaired) electrons. The van der Waals surface area contributed by atoms with Crippen LogP contribution in [-0.2, 0) is 6.54 Å². The second kappa shape index (κ2) is 8.08. The van der Waals surface area contributed by atoms with Gasteiger partial charge in [0.25, 0.3) is 0 Å². The number of halogens is 2. The molecule has 6 heteroatoms. The molecule has 1 aliphatic rings. The van der Waals surface area contributed by atoms with Crippen LogP contribution in [0.15, 0.2) is 12.1 Å². The molecule has 0 amide bonds. The van der Waals surface area contributed by atoms with Crippen molar-refractivity contribution in [1.29, 1.82) is 0 Å². The first kappa shape index (κ1) is 18.4. The molecule has 1 aliphatic heterocycles. The van der Waals surface area contributed by atoms with Crippen molar-refractivity contribution in [2.24, 2.45) is 0 Å². The standard InChI is InChI=1S/C15H23ClN2O2.ClH/c1-10-8-18(11(2)7-17-10)9-12-5-13(16)15(20-4)14(6-12)19-3;/h5-6,10-11,17H,7-9H2,1-4H3;1H. The van der Waals surface area contributed by atoms with Crippen LogP contribution in [0.4, 0.5) is 0 Å². The maximum Gasteiger partial charge on any atom is 0.179 e. The molecular weight excluding hydrogens is 311 g/mol. The van der Waals surface area contributed by atoms with Crippen molar-refractivity contribution in [3.63, 3.8) is 0 Å². The minimum absolute atomic E-state index is 0. The fourth-order valence-corrected chi connectivity index (χ4v) is 2.93. The van der Waals surface area contributed by atoms with Crippen LogP contribution in [0, 0.1) is 0 Å². The molecule has 4 nitrogen and oxygen atoms in total. The van der Waals surface area contributed by atoms with Gasteiger partial charge in [0.05, 0.1) is 19.2 Å². The Morgan fingerprint density at radius 1 is 1.29 bits per heavy atom. The summed E-state index contributed by atoms with van der Waals surface area (Å²) in [6.07, 6.45) is 0. The Balaban J connectivity index is 0.00000220. The molecule has 0 aromatic heterocycles. The zero-order valence-electron chi connectivity index (χ0n) is 13.0. The van der Waals surface area contributed by atoms with Crippen LogP contribution in [0.25, 0.3) is 0 Å². The van der Waals surface area contributed by atoms with E-state index in [2.05, 4.69) is 24.1 Å². The average molecular weight is 335 g/mol. The van der Waals surface area contributed by atoms with Crippen LogP contribution in [0.3, 0.4) is 0 Å². The Bertz CT molecular complexity index is 471. The Hall–Kier alpha value is -0.680. The summed E-state index contributed by atoms with van der Waals surface area (Å²) in [6.45, 7) is 7.37. The SMILES string of the molecule is COc1cc(CN2CC(C)NCC2C)cc(Cl)c1OC.Cl. The van der Waals surface area contributed by atoms with Crippen LogP contribution < -0.4 is 14.8 Å². The number of nitrogens with one attached hydrogen (secondary N) is 1. The van der Waals surface area contributed by atoms with Gasteiger partial charge in [-0.05, 0) is 31.5 Å². The zero-order valence-corrected chi connectivity index (χ0v) is 14.6. The summed E-state index contributed by atoms with van der Waals surface area (Å²) in [5.41, 5.74) is 1.15. The van der Waals surface area contributed by atoms with Crippen molar-refractivity contribution in [2.45, 2.75) is 32.5 Å². The van der Waals surface area contributed by atoms with Gasteiger partial charge >= 0.3 is 0 Å². The van der Waals surface area contributed by atoms with E-state index in [0.29, 0.717) is 28.6 Å². The molecule has 0 bridgehead atoms. The van der Waals surface area contributed by atoms with Gasteiger partial charge in [-0.2, -0.15) is 0 Å². The van der Waals surface area contributed by atoms with E-state index in [4.69, 9.17) is 21.1 Å². The first-order chi connectivity index (χ1) is 9.55. The summed E-state index contributed by atoms with van der Waals surface area (Å²) in [5.74, 6) is 1.28. The maximum absolute atomic E-state index is 6.26. The van der Waals surface area contributed by atoms with Crippen LogP contribution in [0.5, 0.6) is 11.5 Å². The number of piperazine rings is 1. The largest absolute Gasteiger partial charge is 0.493 e. The van der Waals surface area contributed by atoms with Gasteiger partial charge in [-0.15, -0.1) is 12.4 Å². The van der Waals surface area contributed by atoms with Gasteiger partial charge in [0.1, 0.15) is 0 Å². The van der Waals surface area contributed by atoms with Gasteiger partial charge in [-0.3, -0.25) is 4.90 Å². The van der Waals surface area contributed by atoms with Crippen LogP contribution >= 0.6 is 24.0 Å². The molecule has 1 aromatic carbocycles. The zero-order chi connectivity index (χ0) is 14.7. The third-order valence-electron chi connectivity index (χ3n) is 3.77. The Kier molecular flexibility index (Phi) is 7.07. The third-order valence-corrected chi connectivity index (χ3v) is 4.05. The number of benzene rings is 1. The molecule has 2 rings (SSSR count). The molecule has 120 valence electrons. The smallest absolute Gasteiger partial charge is 0.179 e. The minimum atomic E-state index is 0. The fourth-order valence-electron chi connectivity index (χ4n) is 2.61. The lowest BCUT2D eigenvalue weighted by Gasteiger charge is -2.37. The van der Waals surface area contributed by atoms with Crippen LogP contribution in [-0.4, -0.2) is 44.3 Å². The first-order valence-electron chi connectivity index (χ1n) is 6.93. The van der Waals surface area contributed by atoms with Crippen LogP contribution in [0.2, 0.25) is 5.02 Å². The Labute approximate surface area is 138 Å². The van der Waals surface area contributed by atoms with Crippen molar-refractivity contribution in [3.05, 3.63) is 22.7 Å². The van der Waals surface area contributed by atoms with Crippen molar-refractivity contribution >= 4 is 24.0 Å². The molecule has 1 saturated heterocycles. The Morgan fingerprint density at radius 3 is 2.62 bits per heavy atom. The minimum Gasteiger partial charge on any atom is -0.493 e. The number of hydrogen-bond acceptors (Lipinski definition) is 4. The van der Waals surface area contributed by atoms with E-state index in [9.17, 15) is 0 Å². The van der Waals surface area contributed by atoms with E-state index in [1.165, 1.54) is 0 Å². The quantitative estimate of drug-likeness (QED) is 0.917. The van der Waals surface area contributed by atoms with E-state index in [1.54, 1.807) is 14.2 Å². The topological polar surface area (TPSA) is 33.7 Å². The third kappa shape index (κ3) is 4.39. The lowest BCUT2D eigenvalue weighted by molar-refractivity contribution is 0.138. The van der Waals surface area contributed by atoms with E-state index < -0.39 is 0 Å². The number of ether oxygens (including phenoxy) is 2. The molecule has 2 unspecified atom stereocenters. The van der Waals surface area contributed by atoms with E-state index in [-0.39, 0.29) is 12.4 Å². The Morgan fingerprint density at radius 2 is 2.00 bits per heavy atom. The monoisotopic (exact) mass is 334 g/mol. The molecule has 21 heavy (non-hydrogen) atoms. The fraction of sp³-hybridized carbons (Fsp3) is 0.600. The van der Waals surface area contributed by atoms with Gasteiger partial charge in [0, 0.05) is 31.7 Å². The second-order valence-corrected chi connectivity index (χ2v) is 5.81. The molecule has 1 fully saturated rings. The molecule has 1 heterocycles. The molecule has 1 N–H and O–H groups in total. The normalized spacial score (nSPS) is 22.5. The molecule has 0 saturated carbocycles. The molecule has 1 aromatic rings. The highest BCUT2D eigenvalue weighted by Crippen LogP contribution is 2.36.